The molecular formula is C23H32N4O3S. The molecule has 0 aliphatic carbocycles. The Hall–Kier alpha value is -2.03. The minimum Gasteiger partial charge on any atom is -0.310 e. The number of nitrogens with zero attached hydrogens (tertiary/aromatic N) is 3. The number of hydrogen-bond donors (Lipinski definition) is 1. The van der Waals surface area contributed by atoms with E-state index in [1.165, 1.54) is 21.7 Å². The van der Waals surface area contributed by atoms with Crippen molar-refractivity contribution in [1.82, 2.24) is 19.2 Å². The largest absolute Gasteiger partial charge is 0.310 e. The molecule has 31 heavy (non-hydrogen) atoms. The lowest BCUT2D eigenvalue weighted by Crippen LogP contribution is -2.40. The summed E-state index contributed by atoms with van der Waals surface area (Å²) in [4.78, 5) is 22.9. The second-order valence-corrected chi connectivity index (χ2v) is 11.2. The van der Waals surface area contributed by atoms with Crippen molar-refractivity contribution in [3.05, 3.63) is 62.8 Å². The van der Waals surface area contributed by atoms with Crippen molar-refractivity contribution in [2.24, 2.45) is 0 Å². The summed E-state index contributed by atoms with van der Waals surface area (Å²) in [5.41, 5.74) is 3.69. The van der Waals surface area contributed by atoms with Crippen molar-refractivity contribution in [3.8, 4) is 0 Å². The zero-order chi connectivity index (χ0) is 22.2. The van der Waals surface area contributed by atoms with Gasteiger partial charge in [0, 0.05) is 38.5 Å². The summed E-state index contributed by atoms with van der Waals surface area (Å²) in [5, 5.41) is 0. The standard InChI is InChI=1S/C23H32N4O3S/c1-16(2)18-8-6-17(7-9-18)13-26-11-4-5-19(14-26)22-24-21-10-12-27(31(3,29)30)15-20(21)23(28)25-22/h6-9,16,19H,4-5,10-15H2,1-3H3,(H,24,25,28)/t19-/m1/s1. The molecule has 0 amide bonds. The fourth-order valence-electron chi connectivity index (χ4n) is 4.58. The van der Waals surface area contributed by atoms with E-state index in [-0.39, 0.29) is 18.0 Å². The van der Waals surface area contributed by atoms with E-state index in [4.69, 9.17) is 4.98 Å². The van der Waals surface area contributed by atoms with Gasteiger partial charge < -0.3 is 4.98 Å². The van der Waals surface area contributed by atoms with Gasteiger partial charge in [-0.2, -0.15) is 4.31 Å². The first-order chi connectivity index (χ1) is 14.7. The molecule has 1 N–H and O–H groups in total. The molecule has 1 atom stereocenters. The van der Waals surface area contributed by atoms with E-state index in [2.05, 4.69) is 48.0 Å². The summed E-state index contributed by atoms with van der Waals surface area (Å²) in [7, 11) is -3.31. The van der Waals surface area contributed by atoms with Crippen LogP contribution < -0.4 is 5.56 Å². The molecule has 0 spiro atoms. The van der Waals surface area contributed by atoms with Crippen LogP contribution in [0.5, 0.6) is 0 Å². The molecule has 1 fully saturated rings. The van der Waals surface area contributed by atoms with Crippen molar-refractivity contribution >= 4 is 10.0 Å². The molecule has 168 valence electrons. The van der Waals surface area contributed by atoms with Crippen molar-refractivity contribution in [1.29, 1.82) is 0 Å². The Bertz CT molecular complexity index is 1090. The van der Waals surface area contributed by atoms with E-state index >= 15 is 0 Å². The Kier molecular flexibility index (Phi) is 6.32. The highest BCUT2D eigenvalue weighted by molar-refractivity contribution is 7.88. The molecule has 8 heteroatoms. The number of aromatic amines is 1. The molecule has 1 aromatic carbocycles. The summed E-state index contributed by atoms with van der Waals surface area (Å²) < 4.78 is 25.0. The number of piperidine rings is 1. The summed E-state index contributed by atoms with van der Waals surface area (Å²) >= 11 is 0. The van der Waals surface area contributed by atoms with Crippen LogP contribution in [0.1, 0.15) is 66.7 Å². The number of aromatic nitrogens is 2. The van der Waals surface area contributed by atoms with E-state index in [0.717, 1.165) is 44.0 Å². The van der Waals surface area contributed by atoms with Gasteiger partial charge in [0.1, 0.15) is 5.82 Å². The van der Waals surface area contributed by atoms with Crippen LogP contribution in [0.15, 0.2) is 29.1 Å². The second-order valence-electron chi connectivity index (χ2n) is 9.19. The number of hydrogen-bond acceptors (Lipinski definition) is 5. The van der Waals surface area contributed by atoms with Gasteiger partial charge >= 0.3 is 0 Å². The molecule has 2 aliphatic heterocycles. The van der Waals surface area contributed by atoms with Gasteiger partial charge in [0.05, 0.1) is 17.5 Å². The Morgan fingerprint density at radius 2 is 1.94 bits per heavy atom. The number of sulfonamides is 1. The fraction of sp³-hybridized carbons (Fsp3) is 0.565. The molecule has 0 unspecified atom stereocenters. The molecule has 7 nitrogen and oxygen atoms in total. The lowest BCUT2D eigenvalue weighted by molar-refractivity contribution is 0.196. The summed E-state index contributed by atoms with van der Waals surface area (Å²) in [5.74, 6) is 1.47. The van der Waals surface area contributed by atoms with E-state index < -0.39 is 10.0 Å². The van der Waals surface area contributed by atoms with E-state index in [0.29, 0.717) is 24.4 Å². The van der Waals surface area contributed by atoms with Gasteiger partial charge in [0.25, 0.3) is 5.56 Å². The van der Waals surface area contributed by atoms with Gasteiger partial charge in [0.15, 0.2) is 0 Å². The van der Waals surface area contributed by atoms with Gasteiger partial charge in [-0.05, 0) is 36.4 Å². The maximum atomic E-state index is 12.7. The Morgan fingerprint density at radius 1 is 1.19 bits per heavy atom. The van der Waals surface area contributed by atoms with Crippen molar-refractivity contribution in [2.45, 2.75) is 58.0 Å². The molecule has 0 bridgehead atoms. The number of H-pyrrole nitrogens is 1. The predicted molar refractivity (Wildman–Crippen MR) is 122 cm³/mol. The summed E-state index contributed by atoms with van der Waals surface area (Å²) in [6, 6.07) is 8.85. The highest BCUT2D eigenvalue weighted by Crippen LogP contribution is 2.27. The van der Waals surface area contributed by atoms with Gasteiger partial charge in [-0.25, -0.2) is 13.4 Å². The predicted octanol–water partition coefficient (Wildman–Crippen LogP) is 2.59. The number of benzene rings is 1. The Balaban J connectivity index is 1.47. The van der Waals surface area contributed by atoms with Gasteiger partial charge in [-0.1, -0.05) is 38.1 Å². The van der Waals surface area contributed by atoms with Crippen LogP contribution in [0.3, 0.4) is 0 Å². The second kappa shape index (κ2) is 8.84. The summed E-state index contributed by atoms with van der Waals surface area (Å²) in [6.45, 7) is 7.70. The van der Waals surface area contributed by atoms with Crippen molar-refractivity contribution in [2.75, 3.05) is 25.9 Å². The van der Waals surface area contributed by atoms with Crippen LogP contribution in [0.2, 0.25) is 0 Å². The van der Waals surface area contributed by atoms with Crippen LogP contribution in [0.25, 0.3) is 0 Å². The first-order valence-corrected chi connectivity index (χ1v) is 12.9. The molecular weight excluding hydrogens is 412 g/mol. The third kappa shape index (κ3) is 5.07. The average Bonchev–Trinajstić information content (AvgIpc) is 2.73. The minimum atomic E-state index is -3.31. The van der Waals surface area contributed by atoms with Crippen LogP contribution in [0, 0.1) is 0 Å². The molecule has 2 aliphatic rings. The van der Waals surface area contributed by atoms with Gasteiger partial charge in [-0.15, -0.1) is 0 Å². The first-order valence-electron chi connectivity index (χ1n) is 11.1. The normalized spacial score (nSPS) is 20.7. The monoisotopic (exact) mass is 444 g/mol. The maximum absolute atomic E-state index is 12.7. The van der Waals surface area contributed by atoms with Crippen molar-refractivity contribution < 1.29 is 8.42 Å². The molecule has 0 radical (unpaired) electrons. The van der Waals surface area contributed by atoms with E-state index in [9.17, 15) is 13.2 Å². The van der Waals surface area contributed by atoms with E-state index in [1.807, 2.05) is 0 Å². The zero-order valence-electron chi connectivity index (χ0n) is 18.6. The first kappa shape index (κ1) is 22.2. The van der Waals surface area contributed by atoms with Gasteiger partial charge in [-0.3, -0.25) is 9.69 Å². The molecule has 1 saturated heterocycles. The molecule has 1 aromatic heterocycles. The highest BCUT2D eigenvalue weighted by atomic mass is 32.2. The smallest absolute Gasteiger partial charge is 0.255 e. The lowest BCUT2D eigenvalue weighted by atomic mass is 9.95. The van der Waals surface area contributed by atoms with Crippen molar-refractivity contribution in [3.63, 3.8) is 0 Å². The molecule has 4 rings (SSSR count). The van der Waals surface area contributed by atoms with Crippen LogP contribution >= 0.6 is 0 Å². The number of nitrogens with one attached hydrogen (secondary N) is 1. The third-order valence-corrected chi connectivity index (χ3v) is 7.72. The topological polar surface area (TPSA) is 86.4 Å². The number of rotatable bonds is 5. The SMILES string of the molecule is CC(C)c1ccc(CN2CCC[C@@H](c3nc4c(c(=O)[nH]3)CN(S(C)(=O)=O)CC4)C2)cc1. The molecule has 2 aromatic rings. The third-order valence-electron chi connectivity index (χ3n) is 6.47. The van der Waals surface area contributed by atoms with E-state index in [1.54, 1.807) is 0 Å². The Labute approximate surface area is 184 Å². The quantitative estimate of drug-likeness (QED) is 0.766. The highest BCUT2D eigenvalue weighted by Gasteiger charge is 2.29. The number of fused-ring (bicyclic) bond motifs is 1. The maximum Gasteiger partial charge on any atom is 0.255 e. The molecule has 3 heterocycles. The minimum absolute atomic E-state index is 0.111. The zero-order valence-corrected chi connectivity index (χ0v) is 19.4. The number of likely N-dealkylation sites (tertiary alicyclic amines) is 1. The lowest BCUT2D eigenvalue weighted by Gasteiger charge is -2.33. The van der Waals surface area contributed by atoms with Crippen LogP contribution in [0.4, 0.5) is 0 Å². The average molecular weight is 445 g/mol. The van der Waals surface area contributed by atoms with Gasteiger partial charge in [0.2, 0.25) is 10.0 Å². The Morgan fingerprint density at radius 3 is 2.61 bits per heavy atom. The fourth-order valence-corrected chi connectivity index (χ4v) is 5.37. The molecule has 0 saturated carbocycles. The van der Waals surface area contributed by atoms with Crippen LogP contribution in [-0.2, 0) is 29.5 Å². The summed E-state index contributed by atoms with van der Waals surface area (Å²) in [6.07, 6.45) is 3.73. The van der Waals surface area contributed by atoms with Crippen LogP contribution in [-0.4, -0.2) is 53.5 Å².